The maximum absolute atomic E-state index is 12.9. The van der Waals surface area contributed by atoms with Crippen molar-refractivity contribution in [3.63, 3.8) is 0 Å². The molecular weight excluding hydrogens is 263 g/mol. The summed E-state index contributed by atoms with van der Waals surface area (Å²) in [6, 6.07) is 0. The van der Waals surface area contributed by atoms with Gasteiger partial charge in [0.1, 0.15) is 0 Å². The number of hydrogen-bond donors (Lipinski definition) is 1. The Balaban J connectivity index is 1.99. The van der Waals surface area contributed by atoms with Crippen molar-refractivity contribution in [1.29, 1.82) is 0 Å². The van der Waals surface area contributed by atoms with E-state index in [4.69, 9.17) is 5.11 Å². The highest BCUT2D eigenvalue weighted by Gasteiger charge is 2.64. The average molecular weight is 279 g/mol. The van der Waals surface area contributed by atoms with Crippen molar-refractivity contribution < 1.29 is 27.9 Å². The normalized spacial score (nSPS) is 27.6. The summed E-state index contributed by atoms with van der Waals surface area (Å²) in [6.45, 7) is -0.884. The third-order valence-corrected chi connectivity index (χ3v) is 4.04. The molecule has 1 aliphatic heterocycles. The quantitative estimate of drug-likeness (QED) is 0.856. The maximum atomic E-state index is 12.9. The molecule has 0 aromatic carbocycles. The lowest BCUT2D eigenvalue weighted by Crippen LogP contribution is -2.47. The summed E-state index contributed by atoms with van der Waals surface area (Å²) >= 11 is 0. The van der Waals surface area contributed by atoms with Crippen LogP contribution in [0.4, 0.5) is 13.2 Å². The van der Waals surface area contributed by atoms with Crippen molar-refractivity contribution >= 4 is 11.9 Å². The van der Waals surface area contributed by atoms with E-state index in [1.165, 1.54) is 0 Å². The summed E-state index contributed by atoms with van der Waals surface area (Å²) in [5, 5.41) is 8.87. The second-order valence-electron chi connectivity index (χ2n) is 5.43. The first-order valence-electron chi connectivity index (χ1n) is 6.34. The molecule has 7 heteroatoms. The van der Waals surface area contributed by atoms with Crippen molar-refractivity contribution in [2.75, 3.05) is 13.1 Å². The van der Waals surface area contributed by atoms with Crippen LogP contribution in [-0.4, -0.2) is 41.1 Å². The molecule has 108 valence electrons. The molecule has 2 fully saturated rings. The molecular formula is C12H16F3NO3. The van der Waals surface area contributed by atoms with Crippen LogP contribution >= 0.6 is 0 Å². The van der Waals surface area contributed by atoms with Crippen LogP contribution in [0.3, 0.4) is 0 Å². The number of likely N-dealkylation sites (tertiary alicyclic amines) is 1. The second-order valence-corrected chi connectivity index (χ2v) is 5.43. The van der Waals surface area contributed by atoms with Crippen molar-refractivity contribution in [2.45, 2.75) is 38.3 Å². The SMILES string of the molecule is O=C(CCC1CC1)N1CCC(C(=O)O)(C(F)(F)F)C1. The van der Waals surface area contributed by atoms with Crippen LogP contribution in [0.5, 0.6) is 0 Å². The summed E-state index contributed by atoms with van der Waals surface area (Å²) in [5.74, 6) is -1.73. The zero-order chi connectivity index (χ0) is 14.3. The topological polar surface area (TPSA) is 57.6 Å². The Labute approximate surface area is 108 Å². The van der Waals surface area contributed by atoms with Gasteiger partial charge in [0.25, 0.3) is 0 Å². The minimum absolute atomic E-state index is 0.130. The van der Waals surface area contributed by atoms with Crippen molar-refractivity contribution in [3.05, 3.63) is 0 Å². The van der Waals surface area contributed by atoms with E-state index in [0.29, 0.717) is 12.3 Å². The lowest BCUT2D eigenvalue weighted by atomic mass is 9.86. The predicted octanol–water partition coefficient (Wildman–Crippen LogP) is 2.04. The lowest BCUT2D eigenvalue weighted by Gasteiger charge is -2.27. The molecule has 0 radical (unpaired) electrons. The fourth-order valence-corrected chi connectivity index (χ4v) is 2.44. The van der Waals surface area contributed by atoms with E-state index in [-0.39, 0.29) is 18.9 Å². The summed E-state index contributed by atoms with van der Waals surface area (Å²) < 4.78 is 38.7. The summed E-state index contributed by atoms with van der Waals surface area (Å²) in [5.41, 5.74) is -2.79. The molecule has 2 rings (SSSR count). The van der Waals surface area contributed by atoms with E-state index in [9.17, 15) is 22.8 Å². The molecule has 1 saturated carbocycles. The first-order valence-corrected chi connectivity index (χ1v) is 6.34. The average Bonchev–Trinajstić information content (AvgIpc) is 2.99. The summed E-state index contributed by atoms with van der Waals surface area (Å²) in [6.07, 6.45) is -2.31. The second kappa shape index (κ2) is 4.68. The van der Waals surface area contributed by atoms with E-state index >= 15 is 0 Å². The van der Waals surface area contributed by atoms with Gasteiger partial charge in [-0.3, -0.25) is 9.59 Å². The molecule has 1 heterocycles. The molecule has 1 unspecified atom stereocenters. The highest BCUT2D eigenvalue weighted by molar-refractivity contribution is 5.81. The molecule has 1 aliphatic carbocycles. The number of alkyl halides is 3. The molecule has 0 spiro atoms. The van der Waals surface area contributed by atoms with Gasteiger partial charge in [0.15, 0.2) is 5.41 Å². The smallest absolute Gasteiger partial charge is 0.406 e. The number of carbonyl (C=O) groups excluding carboxylic acids is 1. The Hall–Kier alpha value is -1.27. The van der Waals surface area contributed by atoms with Gasteiger partial charge in [-0.25, -0.2) is 0 Å². The number of carbonyl (C=O) groups is 2. The number of halogens is 3. The monoisotopic (exact) mass is 279 g/mol. The first kappa shape index (κ1) is 14.1. The molecule has 2 aliphatic rings. The molecule has 0 aromatic heterocycles. The summed E-state index contributed by atoms with van der Waals surface area (Å²) in [4.78, 5) is 23.8. The van der Waals surface area contributed by atoms with E-state index in [1.54, 1.807) is 0 Å². The maximum Gasteiger partial charge on any atom is 0.406 e. The Morgan fingerprint density at radius 3 is 2.37 bits per heavy atom. The van der Waals surface area contributed by atoms with Gasteiger partial charge >= 0.3 is 12.1 Å². The number of hydrogen-bond acceptors (Lipinski definition) is 2. The van der Waals surface area contributed by atoms with E-state index in [1.807, 2.05) is 0 Å². The molecule has 1 atom stereocenters. The number of aliphatic carboxylic acids is 1. The van der Waals surface area contributed by atoms with Gasteiger partial charge < -0.3 is 10.0 Å². The number of carboxylic acid groups (broad SMARTS) is 1. The third-order valence-electron chi connectivity index (χ3n) is 4.04. The number of rotatable bonds is 4. The molecule has 0 aromatic rings. The molecule has 1 amide bonds. The Morgan fingerprint density at radius 2 is 1.95 bits per heavy atom. The van der Waals surface area contributed by atoms with Gasteiger partial charge in [-0.15, -0.1) is 0 Å². The number of nitrogens with zero attached hydrogens (tertiary/aromatic N) is 1. The molecule has 19 heavy (non-hydrogen) atoms. The molecule has 1 N–H and O–H groups in total. The van der Waals surface area contributed by atoms with Crippen LogP contribution in [0.15, 0.2) is 0 Å². The zero-order valence-electron chi connectivity index (χ0n) is 10.4. The summed E-state index contributed by atoms with van der Waals surface area (Å²) in [7, 11) is 0. The minimum atomic E-state index is -4.83. The largest absolute Gasteiger partial charge is 0.481 e. The lowest BCUT2D eigenvalue weighted by molar-refractivity contribution is -0.227. The highest BCUT2D eigenvalue weighted by Crippen LogP contribution is 2.46. The van der Waals surface area contributed by atoms with Gasteiger partial charge in [0, 0.05) is 19.5 Å². The number of carboxylic acids is 1. The zero-order valence-corrected chi connectivity index (χ0v) is 10.4. The molecule has 0 bridgehead atoms. The predicted molar refractivity (Wildman–Crippen MR) is 59.3 cm³/mol. The van der Waals surface area contributed by atoms with Crippen LogP contribution in [0.2, 0.25) is 0 Å². The van der Waals surface area contributed by atoms with Crippen LogP contribution in [0, 0.1) is 11.3 Å². The van der Waals surface area contributed by atoms with Crippen LogP contribution < -0.4 is 0 Å². The first-order chi connectivity index (χ1) is 8.76. The number of amides is 1. The van der Waals surface area contributed by atoms with Gasteiger partial charge in [-0.2, -0.15) is 13.2 Å². The van der Waals surface area contributed by atoms with E-state index in [0.717, 1.165) is 17.7 Å². The van der Waals surface area contributed by atoms with E-state index in [2.05, 4.69) is 0 Å². The highest BCUT2D eigenvalue weighted by atomic mass is 19.4. The van der Waals surface area contributed by atoms with Gasteiger partial charge in [0.2, 0.25) is 5.91 Å². The van der Waals surface area contributed by atoms with Crippen LogP contribution in [-0.2, 0) is 9.59 Å². The van der Waals surface area contributed by atoms with Gasteiger partial charge in [-0.05, 0) is 18.8 Å². The Morgan fingerprint density at radius 1 is 1.32 bits per heavy atom. The van der Waals surface area contributed by atoms with Crippen molar-refractivity contribution in [2.24, 2.45) is 11.3 Å². The van der Waals surface area contributed by atoms with Gasteiger partial charge in [0.05, 0.1) is 0 Å². The molecule has 1 saturated heterocycles. The van der Waals surface area contributed by atoms with Crippen molar-refractivity contribution in [3.8, 4) is 0 Å². The fourth-order valence-electron chi connectivity index (χ4n) is 2.44. The Kier molecular flexibility index (Phi) is 3.49. The Bertz CT molecular complexity index is 392. The van der Waals surface area contributed by atoms with E-state index < -0.39 is 30.5 Å². The van der Waals surface area contributed by atoms with Crippen LogP contribution in [0.25, 0.3) is 0 Å². The molecule has 4 nitrogen and oxygen atoms in total. The minimum Gasteiger partial charge on any atom is -0.481 e. The third kappa shape index (κ3) is 2.69. The van der Waals surface area contributed by atoms with Crippen molar-refractivity contribution in [1.82, 2.24) is 4.90 Å². The standard InChI is InChI=1S/C12H16F3NO3/c13-12(14,15)11(10(18)19)5-6-16(7-11)9(17)4-3-8-1-2-8/h8H,1-7H2,(H,18,19). The fraction of sp³-hybridized carbons (Fsp3) is 0.833. The van der Waals surface area contributed by atoms with Gasteiger partial charge in [-0.1, -0.05) is 12.8 Å². The van der Waals surface area contributed by atoms with Crippen LogP contribution in [0.1, 0.15) is 32.1 Å².